The molecule has 0 radical (unpaired) electrons. The van der Waals surface area contributed by atoms with E-state index in [4.69, 9.17) is 5.21 Å². The zero-order valence-corrected chi connectivity index (χ0v) is 8.31. The van der Waals surface area contributed by atoms with Crippen molar-refractivity contribution in [1.29, 1.82) is 0 Å². The lowest BCUT2D eigenvalue weighted by Gasteiger charge is -2.00. The maximum Gasteiger partial charge on any atom is 0.280 e. The second-order valence-corrected chi connectivity index (χ2v) is 3.28. The summed E-state index contributed by atoms with van der Waals surface area (Å²) in [7, 11) is 0. The van der Waals surface area contributed by atoms with E-state index in [1.54, 1.807) is 6.92 Å². The van der Waals surface area contributed by atoms with Gasteiger partial charge in [-0.3, -0.25) is 14.8 Å². The number of hydroxylamine groups is 1. The molecule has 13 heavy (non-hydrogen) atoms. The van der Waals surface area contributed by atoms with Gasteiger partial charge in [-0.2, -0.15) is 0 Å². The lowest BCUT2D eigenvalue weighted by Crippen LogP contribution is -2.27. The van der Waals surface area contributed by atoms with Crippen LogP contribution < -0.4 is 11.0 Å². The fraction of sp³-hybridized carbons (Fsp3) is 0.143. The first kappa shape index (κ1) is 9.94. The number of aromatic nitrogens is 1. The Morgan fingerprint density at radius 3 is 2.85 bits per heavy atom. The van der Waals surface area contributed by atoms with Gasteiger partial charge < -0.3 is 4.98 Å². The number of aryl methyl sites for hydroxylation is 1. The minimum absolute atomic E-state index is 0.139. The van der Waals surface area contributed by atoms with Gasteiger partial charge in [0.2, 0.25) is 0 Å². The normalized spacial score (nSPS) is 9.77. The molecule has 0 bridgehead atoms. The summed E-state index contributed by atoms with van der Waals surface area (Å²) >= 11 is 3.15. The highest BCUT2D eigenvalue weighted by Gasteiger charge is 2.10. The molecular formula is C7H7BrN2O3. The third kappa shape index (κ3) is 1.96. The molecule has 1 aromatic rings. The Morgan fingerprint density at radius 2 is 2.31 bits per heavy atom. The number of aromatic amines is 1. The SMILES string of the molecule is Cc1[nH]c(=O)c(C(=O)NO)cc1Br. The molecule has 0 unspecified atom stereocenters. The van der Waals surface area contributed by atoms with Gasteiger partial charge in [-0.05, 0) is 28.9 Å². The van der Waals surface area contributed by atoms with Crippen molar-refractivity contribution in [3.63, 3.8) is 0 Å². The largest absolute Gasteiger partial charge is 0.325 e. The first-order chi connectivity index (χ1) is 6.06. The summed E-state index contributed by atoms with van der Waals surface area (Å²) in [5, 5.41) is 8.31. The first-order valence-electron chi connectivity index (χ1n) is 3.40. The summed E-state index contributed by atoms with van der Waals surface area (Å²) in [5.74, 6) is -0.832. The van der Waals surface area contributed by atoms with Crippen LogP contribution in [0.5, 0.6) is 0 Å². The Bertz CT molecular complexity index is 399. The highest BCUT2D eigenvalue weighted by atomic mass is 79.9. The molecule has 0 aliphatic carbocycles. The number of amides is 1. The molecule has 6 heteroatoms. The molecule has 0 saturated heterocycles. The second kappa shape index (κ2) is 3.71. The molecule has 70 valence electrons. The van der Waals surface area contributed by atoms with Crippen molar-refractivity contribution in [2.24, 2.45) is 0 Å². The standard InChI is InChI=1S/C7H7BrN2O3/c1-3-5(8)2-4(6(11)9-3)7(12)10-13/h2,13H,1H3,(H,9,11)(H,10,12). The van der Waals surface area contributed by atoms with E-state index >= 15 is 0 Å². The van der Waals surface area contributed by atoms with Gasteiger partial charge in [0, 0.05) is 10.2 Å². The number of rotatable bonds is 1. The van der Waals surface area contributed by atoms with E-state index in [0.717, 1.165) is 0 Å². The van der Waals surface area contributed by atoms with Crippen LogP contribution >= 0.6 is 15.9 Å². The highest BCUT2D eigenvalue weighted by Crippen LogP contribution is 2.12. The molecule has 0 atom stereocenters. The molecule has 0 aliphatic heterocycles. The second-order valence-electron chi connectivity index (χ2n) is 2.43. The van der Waals surface area contributed by atoms with Crippen molar-refractivity contribution in [1.82, 2.24) is 10.5 Å². The Kier molecular flexibility index (Phi) is 2.84. The number of hydrogen-bond donors (Lipinski definition) is 3. The summed E-state index contributed by atoms with van der Waals surface area (Å²) in [4.78, 5) is 24.5. The highest BCUT2D eigenvalue weighted by molar-refractivity contribution is 9.10. The van der Waals surface area contributed by atoms with Crippen LogP contribution in [0.2, 0.25) is 0 Å². The number of nitrogens with one attached hydrogen (secondary N) is 2. The number of H-pyrrole nitrogens is 1. The van der Waals surface area contributed by atoms with Crippen LogP contribution in [-0.2, 0) is 0 Å². The number of hydrogen-bond acceptors (Lipinski definition) is 3. The molecule has 0 aromatic carbocycles. The lowest BCUT2D eigenvalue weighted by atomic mass is 10.2. The van der Waals surface area contributed by atoms with E-state index in [-0.39, 0.29) is 5.56 Å². The smallest absolute Gasteiger partial charge is 0.280 e. The molecule has 1 aromatic heterocycles. The van der Waals surface area contributed by atoms with Gasteiger partial charge in [-0.1, -0.05) is 0 Å². The maximum atomic E-state index is 11.1. The fourth-order valence-corrected chi connectivity index (χ4v) is 1.15. The average Bonchev–Trinajstić information content (AvgIpc) is 2.10. The quantitative estimate of drug-likeness (QED) is 0.501. The molecule has 1 amide bonds. The first-order valence-corrected chi connectivity index (χ1v) is 4.19. The molecule has 1 heterocycles. The van der Waals surface area contributed by atoms with Gasteiger partial charge in [0.15, 0.2) is 0 Å². The Morgan fingerprint density at radius 1 is 1.69 bits per heavy atom. The Hall–Kier alpha value is -1.14. The van der Waals surface area contributed by atoms with Crippen molar-refractivity contribution in [2.75, 3.05) is 0 Å². The monoisotopic (exact) mass is 246 g/mol. The summed E-state index contributed by atoms with van der Waals surface area (Å²) in [6.45, 7) is 1.69. The van der Waals surface area contributed by atoms with Crippen LogP contribution in [0.25, 0.3) is 0 Å². The number of halogens is 1. The summed E-state index contributed by atoms with van der Waals surface area (Å²) in [5.41, 5.74) is 1.34. The van der Waals surface area contributed by atoms with E-state index in [0.29, 0.717) is 10.2 Å². The molecular weight excluding hydrogens is 240 g/mol. The van der Waals surface area contributed by atoms with Gasteiger partial charge in [-0.15, -0.1) is 0 Å². The van der Waals surface area contributed by atoms with Crippen LogP contribution in [-0.4, -0.2) is 16.1 Å². The molecule has 0 spiro atoms. The molecule has 5 nitrogen and oxygen atoms in total. The predicted molar refractivity (Wildman–Crippen MR) is 48.8 cm³/mol. The summed E-state index contributed by atoms with van der Waals surface area (Å²) < 4.78 is 0.603. The van der Waals surface area contributed by atoms with Gasteiger partial charge in [0.1, 0.15) is 5.56 Å². The molecule has 0 aliphatic rings. The van der Waals surface area contributed by atoms with E-state index < -0.39 is 11.5 Å². The van der Waals surface area contributed by atoms with Crippen LogP contribution in [0.15, 0.2) is 15.3 Å². The van der Waals surface area contributed by atoms with Crippen molar-refractivity contribution < 1.29 is 10.0 Å². The predicted octanol–water partition coefficient (Wildman–Crippen LogP) is 0.565. The Balaban J connectivity index is 3.32. The third-order valence-corrected chi connectivity index (χ3v) is 2.34. The minimum atomic E-state index is -0.832. The zero-order chi connectivity index (χ0) is 10.0. The van der Waals surface area contributed by atoms with Crippen molar-refractivity contribution >= 4 is 21.8 Å². The summed E-state index contributed by atoms with van der Waals surface area (Å²) in [6, 6.07) is 1.35. The van der Waals surface area contributed by atoms with Crippen molar-refractivity contribution in [3.05, 3.63) is 32.2 Å². The molecule has 0 fully saturated rings. The Labute approximate surface area is 81.9 Å². The topological polar surface area (TPSA) is 82.2 Å². The van der Waals surface area contributed by atoms with Gasteiger partial charge in [0.05, 0.1) is 0 Å². The number of carbonyl (C=O) groups excluding carboxylic acids is 1. The minimum Gasteiger partial charge on any atom is -0.325 e. The van der Waals surface area contributed by atoms with Crippen LogP contribution in [0.1, 0.15) is 16.1 Å². The van der Waals surface area contributed by atoms with Crippen LogP contribution in [0.3, 0.4) is 0 Å². The van der Waals surface area contributed by atoms with Gasteiger partial charge in [-0.25, -0.2) is 5.48 Å². The third-order valence-electron chi connectivity index (χ3n) is 1.52. The zero-order valence-electron chi connectivity index (χ0n) is 6.72. The average molecular weight is 247 g/mol. The van der Waals surface area contributed by atoms with Gasteiger partial charge >= 0.3 is 0 Å². The van der Waals surface area contributed by atoms with Crippen LogP contribution in [0.4, 0.5) is 0 Å². The van der Waals surface area contributed by atoms with E-state index in [2.05, 4.69) is 20.9 Å². The van der Waals surface area contributed by atoms with E-state index in [1.807, 2.05) is 0 Å². The fourth-order valence-electron chi connectivity index (χ4n) is 0.827. The molecule has 3 N–H and O–H groups in total. The van der Waals surface area contributed by atoms with Gasteiger partial charge in [0.25, 0.3) is 11.5 Å². The van der Waals surface area contributed by atoms with Crippen molar-refractivity contribution in [2.45, 2.75) is 6.92 Å². The lowest BCUT2D eigenvalue weighted by molar-refractivity contribution is 0.0704. The number of carbonyl (C=O) groups is 1. The van der Waals surface area contributed by atoms with E-state index in [9.17, 15) is 9.59 Å². The number of pyridine rings is 1. The van der Waals surface area contributed by atoms with E-state index in [1.165, 1.54) is 11.5 Å². The molecule has 1 rings (SSSR count). The molecule has 0 saturated carbocycles. The summed E-state index contributed by atoms with van der Waals surface area (Å²) in [6.07, 6.45) is 0. The van der Waals surface area contributed by atoms with Crippen LogP contribution in [0, 0.1) is 6.92 Å². The maximum absolute atomic E-state index is 11.1. The van der Waals surface area contributed by atoms with Crippen molar-refractivity contribution in [3.8, 4) is 0 Å².